The summed E-state index contributed by atoms with van der Waals surface area (Å²) in [4.78, 5) is 28.0. The van der Waals surface area contributed by atoms with Gasteiger partial charge in [0.05, 0.1) is 20.4 Å². The quantitative estimate of drug-likeness (QED) is 0.524. The SMILES string of the molecule is O=c1cc[nH]c2ccsc12.O=c1cc[nH]c2ccsc12. The zero-order valence-electron chi connectivity index (χ0n) is 10.3. The predicted molar refractivity (Wildman–Crippen MR) is 84.9 cm³/mol. The highest BCUT2D eigenvalue weighted by Crippen LogP contribution is 2.13. The Labute approximate surface area is 121 Å². The van der Waals surface area contributed by atoms with Gasteiger partial charge in [0.15, 0.2) is 10.9 Å². The van der Waals surface area contributed by atoms with Crippen LogP contribution in [0, 0.1) is 0 Å². The standard InChI is InChI=1S/2C7H5NOS/c2*9-6-1-3-8-5-2-4-10-7(5)6/h2*1-4H,(H,8,9). The molecule has 0 aliphatic heterocycles. The van der Waals surface area contributed by atoms with Crippen LogP contribution in [-0.2, 0) is 0 Å². The van der Waals surface area contributed by atoms with E-state index in [9.17, 15) is 9.59 Å². The molecule has 0 saturated carbocycles. The minimum absolute atomic E-state index is 0.101. The van der Waals surface area contributed by atoms with Gasteiger partial charge in [-0.15, -0.1) is 22.7 Å². The van der Waals surface area contributed by atoms with Crippen molar-refractivity contribution < 1.29 is 0 Å². The van der Waals surface area contributed by atoms with Gasteiger partial charge < -0.3 is 9.97 Å². The number of pyridine rings is 2. The molecular weight excluding hydrogens is 292 g/mol. The Morgan fingerprint density at radius 1 is 0.700 bits per heavy atom. The second-order valence-electron chi connectivity index (χ2n) is 4.01. The topological polar surface area (TPSA) is 65.7 Å². The molecule has 0 fully saturated rings. The maximum Gasteiger partial charge on any atom is 0.199 e. The predicted octanol–water partition coefficient (Wildman–Crippen LogP) is 3.18. The summed E-state index contributed by atoms with van der Waals surface area (Å²) in [5.41, 5.74) is 2.06. The summed E-state index contributed by atoms with van der Waals surface area (Å²) in [6.07, 6.45) is 3.33. The lowest BCUT2D eigenvalue weighted by Gasteiger charge is -1.83. The third-order valence-electron chi connectivity index (χ3n) is 2.73. The molecule has 0 aliphatic carbocycles. The molecule has 0 saturated heterocycles. The van der Waals surface area contributed by atoms with Crippen molar-refractivity contribution >= 4 is 43.1 Å². The molecule has 4 aromatic heterocycles. The first-order valence-corrected chi connectivity index (χ1v) is 7.61. The molecule has 0 aliphatic rings. The number of fused-ring (bicyclic) bond motifs is 2. The Morgan fingerprint density at radius 2 is 1.15 bits per heavy atom. The fraction of sp³-hybridized carbons (Fsp3) is 0. The van der Waals surface area contributed by atoms with Crippen molar-refractivity contribution in [2.24, 2.45) is 0 Å². The minimum Gasteiger partial charge on any atom is -0.360 e. The van der Waals surface area contributed by atoms with Gasteiger partial charge in [-0.1, -0.05) is 0 Å². The molecule has 0 bridgehead atoms. The third kappa shape index (κ3) is 2.43. The van der Waals surface area contributed by atoms with E-state index in [1.54, 1.807) is 24.5 Å². The normalized spacial score (nSPS) is 10.4. The van der Waals surface area contributed by atoms with Gasteiger partial charge in [0, 0.05) is 24.5 Å². The monoisotopic (exact) mass is 302 g/mol. The molecule has 0 spiro atoms. The van der Waals surface area contributed by atoms with E-state index in [1.807, 2.05) is 22.9 Å². The number of H-pyrrole nitrogens is 2. The lowest BCUT2D eigenvalue weighted by atomic mass is 10.4. The van der Waals surface area contributed by atoms with E-state index in [0.717, 1.165) is 20.4 Å². The minimum atomic E-state index is 0.101. The largest absolute Gasteiger partial charge is 0.360 e. The van der Waals surface area contributed by atoms with E-state index in [2.05, 4.69) is 9.97 Å². The van der Waals surface area contributed by atoms with Crippen LogP contribution in [0.2, 0.25) is 0 Å². The molecule has 100 valence electrons. The molecule has 4 nitrogen and oxygen atoms in total. The van der Waals surface area contributed by atoms with Crippen LogP contribution in [0.15, 0.2) is 57.0 Å². The van der Waals surface area contributed by atoms with E-state index in [-0.39, 0.29) is 10.9 Å². The van der Waals surface area contributed by atoms with Gasteiger partial charge in [-0.05, 0) is 22.9 Å². The van der Waals surface area contributed by atoms with E-state index < -0.39 is 0 Å². The second kappa shape index (κ2) is 5.44. The summed E-state index contributed by atoms with van der Waals surface area (Å²) in [5.74, 6) is 0. The van der Waals surface area contributed by atoms with Gasteiger partial charge in [-0.25, -0.2) is 0 Å². The summed E-state index contributed by atoms with van der Waals surface area (Å²) in [6, 6.07) is 6.89. The maximum atomic E-state index is 11.0. The fourth-order valence-corrected chi connectivity index (χ4v) is 3.35. The molecule has 0 aromatic carbocycles. The van der Waals surface area contributed by atoms with Gasteiger partial charge in [-0.2, -0.15) is 0 Å². The molecular formula is C14H10N2O2S2. The van der Waals surface area contributed by atoms with Gasteiger partial charge in [0.1, 0.15) is 0 Å². The zero-order chi connectivity index (χ0) is 13.9. The Balaban J connectivity index is 0.000000121. The molecule has 20 heavy (non-hydrogen) atoms. The molecule has 6 heteroatoms. The first-order chi connectivity index (χ1) is 9.75. The lowest BCUT2D eigenvalue weighted by Crippen LogP contribution is -1.95. The number of rotatable bonds is 0. The Morgan fingerprint density at radius 3 is 1.55 bits per heavy atom. The highest BCUT2D eigenvalue weighted by Gasteiger charge is 1.96. The number of thiophene rings is 2. The van der Waals surface area contributed by atoms with Gasteiger partial charge in [0.2, 0.25) is 0 Å². The van der Waals surface area contributed by atoms with Crippen molar-refractivity contribution in [2.45, 2.75) is 0 Å². The van der Waals surface area contributed by atoms with Crippen LogP contribution in [0.1, 0.15) is 0 Å². The number of nitrogens with one attached hydrogen (secondary N) is 2. The van der Waals surface area contributed by atoms with Crippen LogP contribution in [-0.4, -0.2) is 9.97 Å². The van der Waals surface area contributed by atoms with E-state index in [0.29, 0.717) is 0 Å². The van der Waals surface area contributed by atoms with E-state index in [1.165, 1.54) is 22.7 Å². The van der Waals surface area contributed by atoms with Gasteiger partial charge in [-0.3, -0.25) is 9.59 Å². The van der Waals surface area contributed by atoms with Crippen LogP contribution >= 0.6 is 22.7 Å². The Bertz CT molecular complexity index is 882. The Kier molecular flexibility index (Phi) is 3.49. The first kappa shape index (κ1) is 12.8. The summed E-state index contributed by atoms with van der Waals surface area (Å²) in [7, 11) is 0. The third-order valence-corrected chi connectivity index (χ3v) is 4.58. The molecule has 0 unspecified atom stereocenters. The van der Waals surface area contributed by atoms with Gasteiger partial charge >= 0.3 is 0 Å². The zero-order valence-corrected chi connectivity index (χ0v) is 11.9. The van der Waals surface area contributed by atoms with Gasteiger partial charge in [0.25, 0.3) is 0 Å². The Hall–Kier alpha value is -2.18. The fourth-order valence-electron chi connectivity index (χ4n) is 1.79. The van der Waals surface area contributed by atoms with Crippen LogP contribution in [0.3, 0.4) is 0 Å². The summed E-state index contributed by atoms with van der Waals surface area (Å²) in [6.45, 7) is 0. The summed E-state index contributed by atoms with van der Waals surface area (Å²) in [5, 5.41) is 3.81. The molecule has 2 N–H and O–H groups in total. The van der Waals surface area contributed by atoms with Crippen molar-refractivity contribution in [3.63, 3.8) is 0 Å². The van der Waals surface area contributed by atoms with Crippen molar-refractivity contribution in [1.29, 1.82) is 0 Å². The highest BCUT2D eigenvalue weighted by molar-refractivity contribution is 7.17. The molecule has 0 amide bonds. The molecule has 4 heterocycles. The smallest absolute Gasteiger partial charge is 0.199 e. The first-order valence-electron chi connectivity index (χ1n) is 5.85. The molecule has 0 atom stereocenters. The highest BCUT2D eigenvalue weighted by atomic mass is 32.1. The summed E-state index contributed by atoms with van der Waals surface area (Å²) >= 11 is 2.94. The van der Waals surface area contributed by atoms with E-state index in [4.69, 9.17) is 0 Å². The number of hydrogen-bond acceptors (Lipinski definition) is 4. The molecule has 4 rings (SSSR count). The molecule has 4 aromatic rings. The van der Waals surface area contributed by atoms with Crippen molar-refractivity contribution in [2.75, 3.05) is 0 Å². The number of aromatic amines is 2. The number of hydrogen-bond donors (Lipinski definition) is 2. The summed E-state index contributed by atoms with van der Waals surface area (Å²) < 4.78 is 1.62. The maximum absolute atomic E-state index is 11.0. The van der Waals surface area contributed by atoms with Crippen molar-refractivity contribution in [3.8, 4) is 0 Å². The second-order valence-corrected chi connectivity index (χ2v) is 5.84. The lowest BCUT2D eigenvalue weighted by molar-refractivity contribution is 1.41. The van der Waals surface area contributed by atoms with E-state index >= 15 is 0 Å². The van der Waals surface area contributed by atoms with Crippen LogP contribution in [0.25, 0.3) is 20.4 Å². The van der Waals surface area contributed by atoms with Crippen molar-refractivity contribution in [3.05, 3.63) is 67.9 Å². The average Bonchev–Trinajstić information content (AvgIpc) is 3.08. The van der Waals surface area contributed by atoms with Crippen LogP contribution in [0.5, 0.6) is 0 Å². The van der Waals surface area contributed by atoms with Crippen molar-refractivity contribution in [1.82, 2.24) is 9.97 Å². The average molecular weight is 302 g/mol. The number of aromatic nitrogens is 2. The van der Waals surface area contributed by atoms with Crippen LogP contribution < -0.4 is 10.9 Å². The van der Waals surface area contributed by atoms with Crippen LogP contribution in [0.4, 0.5) is 0 Å². The molecule has 0 radical (unpaired) electrons.